The molecular weight excluding hydrogens is 414 g/mol. The molecule has 0 saturated carbocycles. The van der Waals surface area contributed by atoms with Crippen LogP contribution in [0.25, 0.3) is 0 Å². The van der Waals surface area contributed by atoms with Gasteiger partial charge >= 0.3 is 0 Å². The van der Waals surface area contributed by atoms with Gasteiger partial charge in [-0.25, -0.2) is 8.42 Å². The van der Waals surface area contributed by atoms with Crippen molar-refractivity contribution in [1.29, 1.82) is 0 Å². The van der Waals surface area contributed by atoms with Crippen LogP contribution in [0.1, 0.15) is 40.4 Å². The molecule has 1 amide bonds. The molecule has 7 nitrogen and oxygen atoms in total. The number of ether oxygens (including phenoxy) is 1. The van der Waals surface area contributed by atoms with Crippen LogP contribution in [0.3, 0.4) is 0 Å². The minimum Gasteiger partial charge on any atom is -0.497 e. The molecule has 4 rings (SSSR count). The number of sulfonamides is 1. The highest BCUT2D eigenvalue weighted by Crippen LogP contribution is 2.31. The van der Waals surface area contributed by atoms with Crippen LogP contribution < -0.4 is 14.4 Å². The summed E-state index contributed by atoms with van der Waals surface area (Å²) in [6.45, 7) is 2.94. The highest BCUT2D eigenvalue weighted by molar-refractivity contribution is 7.92. The predicted molar refractivity (Wildman–Crippen MR) is 121 cm³/mol. The van der Waals surface area contributed by atoms with Crippen molar-refractivity contribution >= 4 is 21.6 Å². The van der Waals surface area contributed by atoms with E-state index in [4.69, 9.17) is 4.74 Å². The lowest BCUT2D eigenvalue weighted by Crippen LogP contribution is -2.36. The van der Waals surface area contributed by atoms with Crippen molar-refractivity contribution in [3.63, 3.8) is 0 Å². The molecule has 166 valence electrons. The summed E-state index contributed by atoms with van der Waals surface area (Å²) < 4.78 is 30.6. The van der Waals surface area contributed by atoms with Gasteiger partial charge in [0.2, 0.25) is 10.0 Å². The number of anilines is 1. The van der Waals surface area contributed by atoms with E-state index in [0.717, 1.165) is 42.8 Å². The molecule has 0 bridgehead atoms. The Labute approximate surface area is 184 Å². The SMILES string of the molecule is COc1cccc(C(CNC(=O)c2ccc3c(c2)CCN3S(C)(=O)=O)N2CCCC2)c1. The number of likely N-dealkylation sites (tertiary alicyclic amines) is 1. The second-order valence-electron chi connectivity index (χ2n) is 8.17. The van der Waals surface area contributed by atoms with Gasteiger partial charge in [-0.3, -0.25) is 14.0 Å². The molecule has 1 fully saturated rings. The average Bonchev–Trinajstić information content (AvgIpc) is 3.43. The zero-order valence-electron chi connectivity index (χ0n) is 18.0. The number of nitrogens with zero attached hydrogens (tertiary/aromatic N) is 2. The molecule has 0 spiro atoms. The molecule has 31 heavy (non-hydrogen) atoms. The molecule has 1 atom stereocenters. The molecule has 0 aromatic heterocycles. The largest absolute Gasteiger partial charge is 0.497 e. The summed E-state index contributed by atoms with van der Waals surface area (Å²) in [7, 11) is -1.64. The normalized spacial score (nSPS) is 17.4. The molecule has 8 heteroatoms. The van der Waals surface area contributed by atoms with Gasteiger partial charge in [-0.05, 0) is 73.8 Å². The zero-order valence-corrected chi connectivity index (χ0v) is 18.8. The van der Waals surface area contributed by atoms with Crippen LogP contribution in [0.2, 0.25) is 0 Å². The molecule has 0 radical (unpaired) electrons. The minimum absolute atomic E-state index is 0.0803. The third-order valence-corrected chi connectivity index (χ3v) is 7.29. The number of fused-ring (bicyclic) bond motifs is 1. The molecule has 1 unspecified atom stereocenters. The predicted octanol–water partition coefficient (Wildman–Crippen LogP) is 2.58. The summed E-state index contributed by atoms with van der Waals surface area (Å²) >= 11 is 0. The topological polar surface area (TPSA) is 79.0 Å². The van der Waals surface area contributed by atoms with Crippen molar-refractivity contribution in [2.45, 2.75) is 25.3 Å². The van der Waals surface area contributed by atoms with Crippen LogP contribution in [-0.4, -0.2) is 58.8 Å². The van der Waals surface area contributed by atoms with Gasteiger partial charge in [0.15, 0.2) is 0 Å². The fraction of sp³-hybridized carbons (Fsp3) is 0.435. The van der Waals surface area contributed by atoms with E-state index in [9.17, 15) is 13.2 Å². The van der Waals surface area contributed by atoms with E-state index in [2.05, 4.69) is 16.3 Å². The van der Waals surface area contributed by atoms with Crippen molar-refractivity contribution in [3.05, 3.63) is 59.2 Å². The molecular formula is C23H29N3O4S. The number of amides is 1. The zero-order chi connectivity index (χ0) is 22.0. The summed E-state index contributed by atoms with van der Waals surface area (Å²) in [6, 6.07) is 13.3. The summed E-state index contributed by atoms with van der Waals surface area (Å²) in [5.41, 5.74) is 3.24. The van der Waals surface area contributed by atoms with E-state index in [0.29, 0.717) is 30.8 Å². The fourth-order valence-corrected chi connectivity index (χ4v) is 5.47. The Morgan fingerprint density at radius 3 is 2.61 bits per heavy atom. The molecule has 2 heterocycles. The van der Waals surface area contributed by atoms with Gasteiger partial charge in [0.1, 0.15) is 5.75 Å². The van der Waals surface area contributed by atoms with E-state index in [1.165, 1.54) is 10.6 Å². The van der Waals surface area contributed by atoms with Gasteiger partial charge < -0.3 is 10.1 Å². The molecule has 1 N–H and O–H groups in total. The van der Waals surface area contributed by atoms with E-state index in [1.807, 2.05) is 24.3 Å². The first-order chi connectivity index (χ1) is 14.9. The summed E-state index contributed by atoms with van der Waals surface area (Å²) in [5.74, 6) is 0.662. The van der Waals surface area contributed by atoms with E-state index >= 15 is 0 Å². The monoisotopic (exact) mass is 443 g/mol. The molecule has 1 saturated heterocycles. The second kappa shape index (κ2) is 8.88. The van der Waals surface area contributed by atoms with E-state index < -0.39 is 10.0 Å². The Balaban J connectivity index is 1.49. The van der Waals surface area contributed by atoms with E-state index in [1.54, 1.807) is 19.2 Å². The van der Waals surface area contributed by atoms with Gasteiger partial charge in [0.05, 0.1) is 25.1 Å². The van der Waals surface area contributed by atoms with Crippen LogP contribution in [-0.2, 0) is 16.4 Å². The van der Waals surface area contributed by atoms with Gasteiger partial charge in [-0.1, -0.05) is 12.1 Å². The number of nitrogens with one attached hydrogen (secondary N) is 1. The number of hydrogen-bond acceptors (Lipinski definition) is 5. The average molecular weight is 444 g/mol. The molecule has 2 aromatic carbocycles. The number of methoxy groups -OCH3 is 1. The van der Waals surface area contributed by atoms with Gasteiger partial charge in [-0.2, -0.15) is 0 Å². The van der Waals surface area contributed by atoms with Crippen LogP contribution in [0.5, 0.6) is 5.75 Å². The Kier molecular flexibility index (Phi) is 6.20. The number of carbonyl (C=O) groups is 1. The standard InChI is InChI=1S/C23H29N3O4S/c1-30-20-7-5-6-17(15-20)22(25-11-3-4-12-25)16-24-23(27)19-8-9-21-18(14-19)10-13-26(21)31(2,28)29/h5-9,14-15,22H,3-4,10-13,16H2,1-2H3,(H,24,27). The first kappa shape index (κ1) is 21.6. The number of hydrogen-bond donors (Lipinski definition) is 1. The quantitative estimate of drug-likeness (QED) is 0.712. The number of carbonyl (C=O) groups excluding carboxylic acids is 1. The lowest BCUT2D eigenvalue weighted by molar-refractivity contribution is 0.0938. The van der Waals surface area contributed by atoms with Crippen molar-refractivity contribution in [1.82, 2.24) is 10.2 Å². The van der Waals surface area contributed by atoms with Gasteiger partial charge in [0, 0.05) is 18.7 Å². The third-order valence-electron chi connectivity index (χ3n) is 6.11. The van der Waals surface area contributed by atoms with Crippen molar-refractivity contribution < 1.29 is 17.9 Å². The molecule has 0 aliphatic carbocycles. The summed E-state index contributed by atoms with van der Waals surface area (Å²) in [5, 5.41) is 3.09. The molecule has 2 aliphatic rings. The first-order valence-corrected chi connectivity index (χ1v) is 12.5. The van der Waals surface area contributed by atoms with Crippen LogP contribution >= 0.6 is 0 Å². The maximum Gasteiger partial charge on any atom is 0.251 e. The highest BCUT2D eigenvalue weighted by Gasteiger charge is 2.28. The van der Waals surface area contributed by atoms with Crippen molar-refractivity contribution in [3.8, 4) is 5.75 Å². The van der Waals surface area contributed by atoms with Crippen molar-refractivity contribution in [2.24, 2.45) is 0 Å². The van der Waals surface area contributed by atoms with Crippen LogP contribution in [0.15, 0.2) is 42.5 Å². The number of benzene rings is 2. The highest BCUT2D eigenvalue weighted by atomic mass is 32.2. The number of rotatable bonds is 7. The Morgan fingerprint density at radius 1 is 1.13 bits per heavy atom. The lowest BCUT2D eigenvalue weighted by Gasteiger charge is -2.28. The smallest absolute Gasteiger partial charge is 0.251 e. The summed E-state index contributed by atoms with van der Waals surface area (Å²) in [4.78, 5) is 15.3. The Bertz CT molecular complexity index is 1060. The first-order valence-electron chi connectivity index (χ1n) is 10.6. The van der Waals surface area contributed by atoms with Crippen LogP contribution in [0, 0.1) is 0 Å². The Morgan fingerprint density at radius 2 is 1.90 bits per heavy atom. The fourth-order valence-electron chi connectivity index (χ4n) is 4.51. The van der Waals surface area contributed by atoms with Gasteiger partial charge in [-0.15, -0.1) is 0 Å². The van der Waals surface area contributed by atoms with E-state index in [-0.39, 0.29) is 11.9 Å². The lowest BCUT2D eigenvalue weighted by atomic mass is 10.0. The van der Waals surface area contributed by atoms with Crippen molar-refractivity contribution in [2.75, 3.05) is 43.8 Å². The van der Waals surface area contributed by atoms with Crippen LogP contribution in [0.4, 0.5) is 5.69 Å². The molecule has 2 aromatic rings. The summed E-state index contributed by atoms with van der Waals surface area (Å²) in [6.07, 6.45) is 4.15. The minimum atomic E-state index is -3.30. The third kappa shape index (κ3) is 4.70. The maximum absolute atomic E-state index is 12.9. The molecule has 2 aliphatic heterocycles. The van der Waals surface area contributed by atoms with Gasteiger partial charge in [0.25, 0.3) is 5.91 Å². The second-order valence-corrected chi connectivity index (χ2v) is 10.1. The Hall–Kier alpha value is -2.58. The maximum atomic E-state index is 12.9.